The van der Waals surface area contributed by atoms with E-state index in [9.17, 15) is 12.8 Å². The van der Waals surface area contributed by atoms with E-state index in [4.69, 9.17) is 4.18 Å². The molecule has 0 aliphatic rings. The lowest BCUT2D eigenvalue weighted by Crippen LogP contribution is -2.28. The Morgan fingerprint density at radius 1 is 1.00 bits per heavy atom. The van der Waals surface area contributed by atoms with E-state index >= 15 is 0 Å². The number of para-hydroxylation sites is 1. The summed E-state index contributed by atoms with van der Waals surface area (Å²) < 4.78 is 43.6. The van der Waals surface area contributed by atoms with Gasteiger partial charge in [-0.05, 0) is 18.2 Å². The molecule has 0 fully saturated rings. The zero-order chi connectivity index (χ0) is 13.7. The second-order valence-corrected chi connectivity index (χ2v) is 5.13. The van der Waals surface area contributed by atoms with E-state index in [1.54, 1.807) is 24.3 Å². The highest BCUT2D eigenvalue weighted by atomic mass is 32.2. The van der Waals surface area contributed by atoms with Crippen LogP contribution in [0.3, 0.4) is 0 Å². The lowest BCUT2D eigenvalue weighted by molar-refractivity contribution is 0.469. The number of hydrogen-bond acceptors (Lipinski definition) is 3. The maximum Gasteiger partial charge on any atom is 0.382 e. The van der Waals surface area contributed by atoms with Gasteiger partial charge >= 0.3 is 10.3 Å². The Morgan fingerprint density at radius 2 is 1.63 bits per heavy atom. The van der Waals surface area contributed by atoms with E-state index in [0.29, 0.717) is 0 Å². The van der Waals surface area contributed by atoms with Gasteiger partial charge in [-0.1, -0.05) is 36.4 Å². The fraction of sp³-hybridized carbons (Fsp3) is 0.0769. The predicted molar refractivity (Wildman–Crippen MR) is 69.2 cm³/mol. The van der Waals surface area contributed by atoms with Gasteiger partial charge in [0.1, 0.15) is 11.6 Å². The summed E-state index contributed by atoms with van der Waals surface area (Å²) in [5.74, 6) is -0.270. The third-order valence-corrected chi connectivity index (χ3v) is 3.26. The molecule has 2 aromatic carbocycles. The summed E-state index contributed by atoms with van der Waals surface area (Å²) in [4.78, 5) is 0. The van der Waals surface area contributed by atoms with Crippen molar-refractivity contribution in [2.45, 2.75) is 6.54 Å². The van der Waals surface area contributed by atoms with Crippen LogP contribution in [0.25, 0.3) is 0 Å². The lowest BCUT2D eigenvalue weighted by Gasteiger charge is -2.08. The molecule has 0 amide bonds. The third kappa shape index (κ3) is 4.04. The van der Waals surface area contributed by atoms with Crippen molar-refractivity contribution in [2.75, 3.05) is 0 Å². The molecule has 2 rings (SSSR count). The van der Waals surface area contributed by atoms with Crippen molar-refractivity contribution in [2.24, 2.45) is 0 Å². The summed E-state index contributed by atoms with van der Waals surface area (Å²) in [7, 11) is -3.97. The Bertz CT molecular complexity index is 644. The van der Waals surface area contributed by atoms with Gasteiger partial charge < -0.3 is 4.18 Å². The number of nitrogens with one attached hydrogen (secondary N) is 1. The van der Waals surface area contributed by atoms with E-state index in [2.05, 4.69) is 4.72 Å². The van der Waals surface area contributed by atoms with Gasteiger partial charge in [-0.25, -0.2) is 4.39 Å². The van der Waals surface area contributed by atoms with Crippen molar-refractivity contribution in [3.05, 3.63) is 66.0 Å². The molecule has 0 aliphatic heterocycles. The van der Waals surface area contributed by atoms with Gasteiger partial charge in [0.05, 0.1) is 0 Å². The molecule has 0 saturated heterocycles. The Morgan fingerprint density at radius 3 is 2.32 bits per heavy atom. The van der Waals surface area contributed by atoms with Crippen molar-refractivity contribution in [1.29, 1.82) is 0 Å². The second-order valence-electron chi connectivity index (χ2n) is 3.76. The summed E-state index contributed by atoms with van der Waals surface area (Å²) in [6.07, 6.45) is 0. The zero-order valence-electron chi connectivity index (χ0n) is 9.91. The van der Waals surface area contributed by atoms with Crippen molar-refractivity contribution >= 4 is 10.3 Å². The first-order valence-corrected chi connectivity index (χ1v) is 6.95. The molecule has 2 aromatic rings. The van der Waals surface area contributed by atoms with Gasteiger partial charge in [-0.2, -0.15) is 13.1 Å². The molecule has 100 valence electrons. The first-order chi connectivity index (χ1) is 9.07. The standard InChI is InChI=1S/C13H12FNO3S/c14-13-9-5-4-6-11(13)10-15-19(16,17)18-12-7-2-1-3-8-12/h1-9,15H,10H2. The minimum atomic E-state index is -3.97. The lowest BCUT2D eigenvalue weighted by atomic mass is 10.2. The molecule has 0 aromatic heterocycles. The van der Waals surface area contributed by atoms with Crippen LogP contribution in [-0.2, 0) is 16.8 Å². The van der Waals surface area contributed by atoms with Gasteiger partial charge in [-0.3, -0.25) is 0 Å². The molecule has 6 heteroatoms. The Kier molecular flexibility index (Phi) is 4.13. The highest BCUT2D eigenvalue weighted by Crippen LogP contribution is 2.11. The van der Waals surface area contributed by atoms with Crippen molar-refractivity contribution in [3.8, 4) is 5.75 Å². The molecule has 0 atom stereocenters. The highest BCUT2D eigenvalue weighted by Gasteiger charge is 2.12. The van der Waals surface area contributed by atoms with Crippen LogP contribution in [0.15, 0.2) is 54.6 Å². The fourth-order valence-electron chi connectivity index (χ4n) is 1.44. The summed E-state index contributed by atoms with van der Waals surface area (Å²) in [5, 5.41) is 0. The van der Waals surface area contributed by atoms with Gasteiger partial charge in [0.2, 0.25) is 0 Å². The SMILES string of the molecule is O=S(=O)(NCc1ccccc1F)Oc1ccccc1. The molecular formula is C13H12FNO3S. The monoisotopic (exact) mass is 281 g/mol. The third-order valence-electron chi connectivity index (χ3n) is 2.35. The average molecular weight is 281 g/mol. The maximum absolute atomic E-state index is 13.3. The fourth-order valence-corrected chi connectivity index (χ4v) is 2.20. The van der Waals surface area contributed by atoms with Gasteiger partial charge in [-0.15, -0.1) is 0 Å². The number of rotatable bonds is 5. The predicted octanol–water partition coefficient (Wildman–Crippen LogP) is 2.24. The van der Waals surface area contributed by atoms with E-state index in [0.717, 1.165) is 0 Å². The zero-order valence-corrected chi connectivity index (χ0v) is 10.7. The van der Waals surface area contributed by atoms with Crippen molar-refractivity contribution in [1.82, 2.24) is 4.72 Å². The maximum atomic E-state index is 13.3. The summed E-state index contributed by atoms with van der Waals surface area (Å²) in [6.45, 7) is -0.165. The molecule has 0 saturated carbocycles. The first-order valence-electron chi connectivity index (χ1n) is 5.54. The molecular weight excluding hydrogens is 269 g/mol. The van der Waals surface area contributed by atoms with Gasteiger partial charge in [0.15, 0.2) is 0 Å². The summed E-state index contributed by atoms with van der Waals surface area (Å²) in [5.41, 5.74) is 0.253. The van der Waals surface area contributed by atoms with E-state index < -0.39 is 16.1 Å². The largest absolute Gasteiger partial charge is 0.382 e. The van der Waals surface area contributed by atoms with Crippen LogP contribution < -0.4 is 8.91 Å². The number of halogens is 1. The smallest absolute Gasteiger partial charge is 0.371 e. The van der Waals surface area contributed by atoms with E-state index in [1.807, 2.05) is 0 Å². The second kappa shape index (κ2) is 5.81. The van der Waals surface area contributed by atoms with E-state index in [-0.39, 0.29) is 17.9 Å². The molecule has 0 aliphatic carbocycles. The van der Waals surface area contributed by atoms with Crippen LogP contribution in [0.1, 0.15) is 5.56 Å². The first kappa shape index (κ1) is 13.5. The van der Waals surface area contributed by atoms with Crippen LogP contribution in [0.2, 0.25) is 0 Å². The van der Waals surface area contributed by atoms with Crippen LogP contribution in [0, 0.1) is 5.82 Å². The minimum absolute atomic E-state index is 0.165. The Hall–Kier alpha value is -1.92. The van der Waals surface area contributed by atoms with Crippen LogP contribution in [0.4, 0.5) is 4.39 Å². The average Bonchev–Trinajstić information content (AvgIpc) is 2.38. The summed E-state index contributed by atoms with van der Waals surface area (Å²) in [6, 6.07) is 14.0. The minimum Gasteiger partial charge on any atom is -0.371 e. The van der Waals surface area contributed by atoms with Crippen LogP contribution in [0.5, 0.6) is 5.75 Å². The quantitative estimate of drug-likeness (QED) is 0.914. The van der Waals surface area contributed by atoms with Crippen LogP contribution >= 0.6 is 0 Å². The molecule has 0 radical (unpaired) electrons. The Labute approximate surface area is 111 Å². The molecule has 0 bridgehead atoms. The normalized spacial score (nSPS) is 11.2. The molecule has 1 N–H and O–H groups in total. The van der Waals surface area contributed by atoms with Crippen molar-refractivity contribution in [3.63, 3.8) is 0 Å². The molecule has 0 spiro atoms. The summed E-state index contributed by atoms with van der Waals surface area (Å²) >= 11 is 0. The number of hydrogen-bond donors (Lipinski definition) is 1. The van der Waals surface area contributed by atoms with Gasteiger partial charge in [0, 0.05) is 12.1 Å². The highest BCUT2D eigenvalue weighted by molar-refractivity contribution is 7.85. The van der Waals surface area contributed by atoms with E-state index in [1.165, 1.54) is 30.3 Å². The molecule has 0 unspecified atom stereocenters. The Balaban J connectivity index is 2.01. The number of benzene rings is 2. The molecule has 0 heterocycles. The van der Waals surface area contributed by atoms with Crippen molar-refractivity contribution < 1.29 is 17.0 Å². The van der Waals surface area contributed by atoms with Crippen LogP contribution in [-0.4, -0.2) is 8.42 Å². The van der Waals surface area contributed by atoms with Gasteiger partial charge in [0.25, 0.3) is 0 Å². The molecule has 19 heavy (non-hydrogen) atoms. The molecule has 4 nitrogen and oxygen atoms in total. The topological polar surface area (TPSA) is 55.4 Å².